The molecule has 1 aliphatic rings. The number of methoxy groups -OCH3 is 1. The summed E-state index contributed by atoms with van der Waals surface area (Å²) in [5.41, 5.74) is 4.91. The molecule has 35 heavy (non-hydrogen) atoms. The summed E-state index contributed by atoms with van der Waals surface area (Å²) in [5.74, 6) is 0.773. The lowest BCUT2D eigenvalue weighted by molar-refractivity contribution is -0.168. The van der Waals surface area contributed by atoms with E-state index in [4.69, 9.17) is 14.2 Å². The third-order valence-corrected chi connectivity index (χ3v) is 9.11. The molecule has 5 atom stereocenters. The molecule has 3 aromatic rings. The predicted molar refractivity (Wildman–Crippen MR) is 146 cm³/mol. The van der Waals surface area contributed by atoms with Crippen LogP contribution in [0, 0.1) is 12.8 Å². The van der Waals surface area contributed by atoms with Gasteiger partial charge in [-0.05, 0) is 78.8 Å². The fourth-order valence-corrected chi connectivity index (χ4v) is 6.77. The minimum atomic E-state index is -0.233. The van der Waals surface area contributed by atoms with E-state index in [1.54, 1.807) is 18.9 Å². The smallest absolute Gasteiger partial charge is 0.302 e. The average molecular weight is 511 g/mol. The highest BCUT2D eigenvalue weighted by Gasteiger charge is 2.44. The first kappa shape index (κ1) is 25.8. The van der Waals surface area contributed by atoms with Crippen molar-refractivity contribution in [3.05, 3.63) is 76.2 Å². The third kappa shape index (κ3) is 5.76. The first-order chi connectivity index (χ1) is 16.8. The van der Waals surface area contributed by atoms with Crippen LogP contribution >= 0.6 is 23.1 Å². The molecule has 0 amide bonds. The molecule has 0 aliphatic carbocycles. The number of thiophene rings is 1. The van der Waals surface area contributed by atoms with Gasteiger partial charge in [-0.25, -0.2) is 0 Å². The fraction of sp³-hybridized carbons (Fsp3) is 0.414. The normalized spacial score (nSPS) is 24.2. The van der Waals surface area contributed by atoms with Gasteiger partial charge in [0.15, 0.2) is 0 Å². The zero-order chi connectivity index (χ0) is 25.1. The predicted octanol–water partition coefficient (Wildman–Crippen LogP) is 7.08. The van der Waals surface area contributed by atoms with Gasteiger partial charge in [0.05, 0.1) is 24.6 Å². The molecular weight excluding hydrogens is 476 g/mol. The molecule has 0 bridgehead atoms. The van der Waals surface area contributed by atoms with Crippen LogP contribution in [-0.2, 0) is 20.7 Å². The maximum Gasteiger partial charge on any atom is 0.302 e. The zero-order valence-electron chi connectivity index (χ0n) is 21.2. The fourth-order valence-electron chi connectivity index (χ4n) is 4.69. The SMILES string of the molecule is COc1ccc(-c2ccc(Cc3cc(C4O[C@H](C)[C@@H](C)[C@H](OC(C)=O)[C@H]4SC)ccc3C)s2)cc1. The van der Waals surface area contributed by atoms with Crippen molar-refractivity contribution in [2.45, 2.75) is 57.7 Å². The summed E-state index contributed by atoms with van der Waals surface area (Å²) >= 11 is 3.54. The molecule has 0 saturated carbocycles. The lowest BCUT2D eigenvalue weighted by Gasteiger charge is -2.44. The maximum absolute atomic E-state index is 11.8. The van der Waals surface area contributed by atoms with Crippen LogP contribution in [0.5, 0.6) is 5.75 Å². The van der Waals surface area contributed by atoms with E-state index in [1.165, 1.54) is 33.4 Å². The molecule has 1 fully saturated rings. The zero-order valence-corrected chi connectivity index (χ0v) is 22.9. The van der Waals surface area contributed by atoms with Gasteiger partial charge in [-0.3, -0.25) is 4.79 Å². The van der Waals surface area contributed by atoms with E-state index >= 15 is 0 Å². The lowest BCUT2D eigenvalue weighted by Crippen LogP contribution is -2.49. The quantitative estimate of drug-likeness (QED) is 0.318. The van der Waals surface area contributed by atoms with Gasteiger partial charge in [-0.2, -0.15) is 11.8 Å². The topological polar surface area (TPSA) is 44.8 Å². The average Bonchev–Trinajstić information content (AvgIpc) is 3.31. The van der Waals surface area contributed by atoms with Crippen molar-refractivity contribution in [2.24, 2.45) is 5.92 Å². The number of benzene rings is 2. The van der Waals surface area contributed by atoms with Crippen molar-refractivity contribution in [1.29, 1.82) is 0 Å². The molecule has 6 heteroatoms. The number of carbonyl (C=O) groups is 1. The number of ether oxygens (including phenoxy) is 3. The maximum atomic E-state index is 11.8. The van der Waals surface area contributed by atoms with Crippen molar-refractivity contribution in [1.82, 2.24) is 0 Å². The largest absolute Gasteiger partial charge is 0.497 e. The first-order valence-corrected chi connectivity index (χ1v) is 14.1. The summed E-state index contributed by atoms with van der Waals surface area (Å²) in [6.45, 7) is 7.84. The highest BCUT2D eigenvalue weighted by Crippen LogP contribution is 2.42. The van der Waals surface area contributed by atoms with Gasteiger partial charge in [-0.15, -0.1) is 11.3 Å². The number of hydrogen-bond acceptors (Lipinski definition) is 6. The molecule has 186 valence electrons. The second kappa shape index (κ2) is 11.2. The van der Waals surface area contributed by atoms with E-state index < -0.39 is 0 Å². The molecule has 4 rings (SSSR count). The van der Waals surface area contributed by atoms with Gasteiger partial charge < -0.3 is 14.2 Å². The van der Waals surface area contributed by atoms with E-state index in [2.05, 4.69) is 69.5 Å². The first-order valence-electron chi connectivity index (χ1n) is 12.0. The lowest BCUT2D eigenvalue weighted by atomic mass is 9.87. The molecule has 1 aliphatic heterocycles. The van der Waals surface area contributed by atoms with Crippen molar-refractivity contribution >= 4 is 29.1 Å². The van der Waals surface area contributed by atoms with Crippen LogP contribution in [0.15, 0.2) is 54.6 Å². The Morgan fingerprint density at radius 2 is 1.83 bits per heavy atom. The third-order valence-electron chi connectivity index (χ3n) is 6.92. The minimum absolute atomic E-state index is 0.00172. The second-order valence-electron chi connectivity index (χ2n) is 9.25. The Bertz CT molecular complexity index is 1150. The minimum Gasteiger partial charge on any atom is -0.497 e. The Hall–Kier alpha value is -2.28. The van der Waals surface area contributed by atoms with Gasteiger partial charge in [0.1, 0.15) is 11.9 Å². The van der Waals surface area contributed by atoms with Gasteiger partial charge in [0.2, 0.25) is 0 Å². The monoisotopic (exact) mass is 510 g/mol. The molecular formula is C29H34O4S2. The highest BCUT2D eigenvalue weighted by atomic mass is 32.2. The molecule has 4 nitrogen and oxygen atoms in total. The Balaban J connectivity index is 1.58. The Morgan fingerprint density at radius 1 is 1.09 bits per heavy atom. The van der Waals surface area contributed by atoms with E-state index in [9.17, 15) is 4.79 Å². The summed E-state index contributed by atoms with van der Waals surface area (Å²) in [5, 5.41) is 0.0454. The number of hydrogen-bond donors (Lipinski definition) is 0. The van der Waals surface area contributed by atoms with Crippen LogP contribution < -0.4 is 4.74 Å². The van der Waals surface area contributed by atoms with E-state index in [0.717, 1.165) is 17.7 Å². The van der Waals surface area contributed by atoms with Crippen molar-refractivity contribution < 1.29 is 19.0 Å². The standard InChI is InChI=1S/C29H34O4S2/c1-17-7-8-22(28-29(34-6)27(33-20(4)30)18(2)19(3)32-28)15-23(17)16-25-13-14-26(35-25)21-9-11-24(31-5)12-10-21/h7-15,18-19,27-29H,16H2,1-6H3/t18-,19-,27+,28?,29-/m1/s1. The molecule has 0 radical (unpaired) electrons. The Morgan fingerprint density at radius 3 is 2.49 bits per heavy atom. The van der Waals surface area contributed by atoms with Crippen LogP contribution in [-0.4, -0.2) is 36.8 Å². The van der Waals surface area contributed by atoms with Crippen molar-refractivity contribution in [3.63, 3.8) is 0 Å². The summed E-state index contributed by atoms with van der Waals surface area (Å²) in [6, 6.07) is 19.3. The van der Waals surface area contributed by atoms with Gasteiger partial charge >= 0.3 is 5.97 Å². The van der Waals surface area contributed by atoms with Crippen molar-refractivity contribution in [2.75, 3.05) is 13.4 Å². The summed E-state index contributed by atoms with van der Waals surface area (Å²) in [6.07, 6.45) is 2.64. The number of carbonyl (C=O) groups excluding carboxylic acids is 1. The van der Waals surface area contributed by atoms with E-state index in [1.807, 2.05) is 23.5 Å². The van der Waals surface area contributed by atoms with Crippen molar-refractivity contribution in [3.8, 4) is 16.2 Å². The molecule has 1 aromatic heterocycles. The van der Waals surface area contributed by atoms with Crippen LogP contribution in [0.25, 0.3) is 10.4 Å². The van der Waals surface area contributed by atoms with E-state index in [0.29, 0.717) is 0 Å². The van der Waals surface area contributed by atoms with Gasteiger partial charge in [0.25, 0.3) is 0 Å². The van der Waals surface area contributed by atoms with Gasteiger partial charge in [-0.1, -0.05) is 25.1 Å². The van der Waals surface area contributed by atoms with Crippen LogP contribution in [0.1, 0.15) is 48.4 Å². The number of aryl methyl sites for hydroxylation is 1. The molecule has 1 saturated heterocycles. The summed E-state index contributed by atoms with van der Waals surface area (Å²) in [7, 11) is 1.69. The summed E-state index contributed by atoms with van der Waals surface area (Å²) in [4.78, 5) is 14.4. The van der Waals surface area contributed by atoms with Crippen LogP contribution in [0.4, 0.5) is 0 Å². The Kier molecular flexibility index (Phi) is 8.25. The molecule has 0 N–H and O–H groups in total. The number of rotatable bonds is 7. The Labute approximate surface area is 217 Å². The van der Waals surface area contributed by atoms with Crippen LogP contribution in [0.2, 0.25) is 0 Å². The molecule has 1 unspecified atom stereocenters. The highest BCUT2D eigenvalue weighted by molar-refractivity contribution is 7.99. The number of thioether (sulfide) groups is 1. The summed E-state index contributed by atoms with van der Waals surface area (Å²) < 4.78 is 17.6. The van der Waals surface area contributed by atoms with E-state index in [-0.39, 0.29) is 35.4 Å². The molecule has 2 aromatic carbocycles. The number of esters is 1. The van der Waals surface area contributed by atoms with Crippen LogP contribution in [0.3, 0.4) is 0 Å². The second-order valence-corrected chi connectivity index (χ2v) is 11.4. The molecule has 2 heterocycles. The van der Waals surface area contributed by atoms with Gasteiger partial charge in [0, 0.05) is 29.0 Å². The molecule has 0 spiro atoms.